The molecule has 0 saturated heterocycles. The number of rotatable bonds is 7. The van der Waals surface area contributed by atoms with Crippen LogP contribution in [0.5, 0.6) is 0 Å². The molecule has 20 heavy (non-hydrogen) atoms. The van der Waals surface area contributed by atoms with Crippen LogP contribution in [-0.2, 0) is 0 Å². The number of anilines is 2. The molecule has 2 N–H and O–H groups in total. The van der Waals surface area contributed by atoms with Gasteiger partial charge >= 0.3 is 0 Å². The van der Waals surface area contributed by atoms with E-state index in [4.69, 9.17) is 0 Å². The van der Waals surface area contributed by atoms with Gasteiger partial charge < -0.3 is 10.6 Å². The quantitative estimate of drug-likeness (QED) is 0.808. The fourth-order valence-corrected chi connectivity index (χ4v) is 2.18. The third-order valence-electron chi connectivity index (χ3n) is 3.16. The van der Waals surface area contributed by atoms with Crippen molar-refractivity contribution in [1.29, 1.82) is 0 Å². The lowest BCUT2D eigenvalue weighted by molar-refractivity contribution is 0.182. The van der Waals surface area contributed by atoms with Crippen molar-refractivity contribution in [2.75, 3.05) is 30.8 Å². The Balaban J connectivity index is 2.66. The highest BCUT2D eigenvalue weighted by molar-refractivity contribution is 5.47. The Morgan fingerprint density at radius 2 is 1.65 bits per heavy atom. The number of aromatic nitrogens is 1. The molecular formula is C14H24F2N4. The highest BCUT2D eigenvalue weighted by atomic mass is 19.1. The van der Waals surface area contributed by atoms with Crippen LogP contribution < -0.4 is 10.6 Å². The minimum absolute atomic E-state index is 0.0403. The van der Waals surface area contributed by atoms with Crippen molar-refractivity contribution in [2.24, 2.45) is 0 Å². The molecule has 1 rings (SSSR count). The van der Waals surface area contributed by atoms with E-state index in [9.17, 15) is 8.78 Å². The van der Waals surface area contributed by atoms with Crippen molar-refractivity contribution in [1.82, 2.24) is 9.88 Å². The van der Waals surface area contributed by atoms with Crippen LogP contribution in [0.3, 0.4) is 0 Å². The Morgan fingerprint density at radius 1 is 1.10 bits per heavy atom. The van der Waals surface area contributed by atoms with Gasteiger partial charge in [0.05, 0.1) is 0 Å². The van der Waals surface area contributed by atoms with E-state index < -0.39 is 11.6 Å². The molecule has 0 atom stereocenters. The van der Waals surface area contributed by atoms with Crippen molar-refractivity contribution in [3.63, 3.8) is 0 Å². The summed E-state index contributed by atoms with van der Waals surface area (Å²) in [6.07, 6.45) is 0. The summed E-state index contributed by atoms with van der Waals surface area (Å²) in [5.41, 5.74) is 0. The monoisotopic (exact) mass is 286 g/mol. The molecule has 0 spiro atoms. The van der Waals surface area contributed by atoms with Gasteiger partial charge in [-0.15, -0.1) is 0 Å². The van der Waals surface area contributed by atoms with Gasteiger partial charge in [0.1, 0.15) is 0 Å². The summed E-state index contributed by atoms with van der Waals surface area (Å²) in [4.78, 5) is 6.17. The zero-order chi connectivity index (χ0) is 15.3. The SMILES string of the molecule is CNc1nc(NCCN(C(C)C)C(C)C)c(F)cc1F. The van der Waals surface area contributed by atoms with Crippen LogP contribution in [0.1, 0.15) is 27.7 Å². The molecule has 1 aromatic heterocycles. The van der Waals surface area contributed by atoms with Gasteiger partial charge in [-0.05, 0) is 27.7 Å². The molecule has 0 unspecified atom stereocenters. The van der Waals surface area contributed by atoms with Crippen LogP contribution in [0, 0.1) is 11.6 Å². The molecule has 1 aromatic rings. The smallest absolute Gasteiger partial charge is 0.168 e. The Labute approximate surface area is 119 Å². The van der Waals surface area contributed by atoms with Gasteiger partial charge in [0, 0.05) is 38.3 Å². The molecule has 0 aromatic carbocycles. The molecule has 6 heteroatoms. The lowest BCUT2D eigenvalue weighted by Crippen LogP contribution is -2.40. The Kier molecular flexibility index (Phi) is 6.13. The summed E-state index contributed by atoms with van der Waals surface area (Å²) in [7, 11) is 1.55. The normalized spacial score (nSPS) is 11.5. The summed E-state index contributed by atoms with van der Waals surface area (Å²) in [6.45, 7) is 9.80. The number of hydrogen-bond donors (Lipinski definition) is 2. The van der Waals surface area contributed by atoms with Gasteiger partial charge in [0.25, 0.3) is 0 Å². The molecule has 114 valence electrons. The van der Waals surface area contributed by atoms with Crippen LogP contribution in [-0.4, -0.2) is 42.1 Å². The van der Waals surface area contributed by atoms with E-state index in [0.29, 0.717) is 18.6 Å². The van der Waals surface area contributed by atoms with Gasteiger partial charge in [-0.2, -0.15) is 0 Å². The van der Waals surface area contributed by atoms with E-state index in [2.05, 4.69) is 48.2 Å². The molecule has 1 heterocycles. The van der Waals surface area contributed by atoms with E-state index in [1.165, 1.54) is 0 Å². The largest absolute Gasteiger partial charge is 0.371 e. The third-order valence-corrected chi connectivity index (χ3v) is 3.16. The minimum Gasteiger partial charge on any atom is -0.371 e. The first-order valence-electron chi connectivity index (χ1n) is 6.90. The minimum atomic E-state index is -0.693. The predicted octanol–water partition coefficient (Wildman–Crippen LogP) is 2.93. The fraction of sp³-hybridized carbons (Fsp3) is 0.643. The third kappa shape index (κ3) is 4.30. The average molecular weight is 286 g/mol. The molecule has 0 aliphatic carbocycles. The molecule has 0 aliphatic rings. The Bertz CT molecular complexity index is 427. The lowest BCUT2D eigenvalue weighted by atomic mass is 10.2. The van der Waals surface area contributed by atoms with Gasteiger partial charge in [-0.1, -0.05) is 0 Å². The highest BCUT2D eigenvalue weighted by Gasteiger charge is 2.14. The van der Waals surface area contributed by atoms with Gasteiger partial charge in [0.2, 0.25) is 0 Å². The molecule has 0 fully saturated rings. The second-order valence-corrected chi connectivity index (χ2v) is 5.25. The predicted molar refractivity (Wildman–Crippen MR) is 79.2 cm³/mol. The molecule has 0 radical (unpaired) electrons. The second kappa shape index (κ2) is 7.38. The zero-order valence-corrected chi connectivity index (χ0v) is 12.8. The first-order chi connectivity index (χ1) is 9.36. The second-order valence-electron chi connectivity index (χ2n) is 5.25. The molecule has 0 bridgehead atoms. The van der Waals surface area contributed by atoms with Crippen LogP contribution >= 0.6 is 0 Å². The Hall–Kier alpha value is -1.43. The molecule has 0 amide bonds. The zero-order valence-electron chi connectivity index (χ0n) is 12.8. The number of hydrogen-bond acceptors (Lipinski definition) is 4. The van der Waals surface area contributed by atoms with Gasteiger partial charge in [0.15, 0.2) is 23.3 Å². The number of pyridine rings is 1. The van der Waals surface area contributed by atoms with E-state index in [0.717, 1.165) is 12.6 Å². The fourth-order valence-electron chi connectivity index (χ4n) is 2.18. The van der Waals surface area contributed by atoms with Crippen LogP contribution in [0.15, 0.2) is 6.07 Å². The van der Waals surface area contributed by atoms with Crippen molar-refractivity contribution < 1.29 is 8.78 Å². The molecule has 4 nitrogen and oxygen atoms in total. The summed E-state index contributed by atoms with van der Waals surface area (Å²) in [5, 5.41) is 5.52. The average Bonchev–Trinajstić information content (AvgIpc) is 2.35. The van der Waals surface area contributed by atoms with E-state index in [1.54, 1.807) is 7.05 Å². The highest BCUT2D eigenvalue weighted by Crippen LogP contribution is 2.18. The summed E-state index contributed by atoms with van der Waals surface area (Å²) in [6, 6.07) is 1.66. The number of nitrogens with one attached hydrogen (secondary N) is 2. The van der Waals surface area contributed by atoms with Gasteiger partial charge in [-0.3, -0.25) is 4.90 Å². The van der Waals surface area contributed by atoms with E-state index >= 15 is 0 Å². The van der Waals surface area contributed by atoms with E-state index in [1.807, 2.05) is 0 Å². The van der Waals surface area contributed by atoms with Crippen molar-refractivity contribution >= 4 is 11.6 Å². The number of halogens is 2. The van der Waals surface area contributed by atoms with Crippen LogP contribution in [0.25, 0.3) is 0 Å². The van der Waals surface area contributed by atoms with Crippen molar-refractivity contribution in [3.05, 3.63) is 17.7 Å². The summed E-state index contributed by atoms with van der Waals surface area (Å²) < 4.78 is 26.9. The summed E-state index contributed by atoms with van der Waals surface area (Å²) in [5.74, 6) is -1.26. The lowest BCUT2D eigenvalue weighted by Gasteiger charge is -2.30. The van der Waals surface area contributed by atoms with Crippen LogP contribution in [0.2, 0.25) is 0 Å². The van der Waals surface area contributed by atoms with E-state index in [-0.39, 0.29) is 11.6 Å². The first-order valence-corrected chi connectivity index (χ1v) is 6.90. The molecule has 0 saturated carbocycles. The Morgan fingerprint density at radius 3 is 2.15 bits per heavy atom. The maximum Gasteiger partial charge on any atom is 0.168 e. The standard InChI is InChI=1S/C14H24F2N4/c1-9(2)20(10(3)4)7-6-18-14-12(16)8-11(15)13(17-5)19-14/h8-10H,6-7H2,1-5H3,(H2,17,18,19). The van der Waals surface area contributed by atoms with Crippen molar-refractivity contribution in [3.8, 4) is 0 Å². The van der Waals surface area contributed by atoms with Gasteiger partial charge in [-0.25, -0.2) is 13.8 Å². The summed E-state index contributed by atoms with van der Waals surface area (Å²) >= 11 is 0. The molecule has 0 aliphatic heterocycles. The molecular weight excluding hydrogens is 262 g/mol. The number of nitrogens with zero attached hydrogens (tertiary/aromatic N) is 2. The van der Waals surface area contributed by atoms with Crippen LogP contribution in [0.4, 0.5) is 20.4 Å². The van der Waals surface area contributed by atoms with Crippen molar-refractivity contribution in [2.45, 2.75) is 39.8 Å². The topological polar surface area (TPSA) is 40.2 Å². The maximum absolute atomic E-state index is 13.6. The first kappa shape index (κ1) is 16.6. The maximum atomic E-state index is 13.6.